The SMILES string of the molecule is CCn1cc(S(=O)(=O)Nc2ccc(N3CCCCC3)cn2)cn1. The predicted molar refractivity (Wildman–Crippen MR) is 89.0 cm³/mol. The molecule has 3 heterocycles. The molecule has 0 amide bonds. The zero-order valence-electron chi connectivity index (χ0n) is 13.1. The fraction of sp³-hybridized carbons (Fsp3) is 0.467. The summed E-state index contributed by atoms with van der Waals surface area (Å²) in [5.41, 5.74) is 1.03. The molecule has 2 aromatic heterocycles. The summed E-state index contributed by atoms with van der Waals surface area (Å²) in [5.74, 6) is 0.315. The quantitative estimate of drug-likeness (QED) is 0.905. The summed E-state index contributed by atoms with van der Waals surface area (Å²) >= 11 is 0. The topological polar surface area (TPSA) is 80.1 Å². The first-order valence-corrected chi connectivity index (χ1v) is 9.33. The Balaban J connectivity index is 1.72. The van der Waals surface area contributed by atoms with Crippen LogP contribution in [-0.2, 0) is 16.6 Å². The molecule has 0 spiro atoms. The van der Waals surface area contributed by atoms with E-state index in [1.54, 1.807) is 16.9 Å². The van der Waals surface area contributed by atoms with Crippen LogP contribution in [0.4, 0.5) is 11.5 Å². The summed E-state index contributed by atoms with van der Waals surface area (Å²) in [6.45, 7) is 4.59. The van der Waals surface area contributed by atoms with E-state index in [-0.39, 0.29) is 4.90 Å². The van der Waals surface area contributed by atoms with E-state index in [9.17, 15) is 8.42 Å². The Morgan fingerprint density at radius 2 is 1.96 bits per heavy atom. The minimum absolute atomic E-state index is 0.140. The van der Waals surface area contributed by atoms with Gasteiger partial charge in [0.25, 0.3) is 10.0 Å². The third-order valence-electron chi connectivity index (χ3n) is 3.95. The van der Waals surface area contributed by atoms with Crippen molar-refractivity contribution >= 4 is 21.5 Å². The van der Waals surface area contributed by atoms with Crippen molar-refractivity contribution in [2.75, 3.05) is 22.7 Å². The van der Waals surface area contributed by atoms with Crippen LogP contribution in [0.25, 0.3) is 0 Å². The molecule has 0 bridgehead atoms. The molecule has 1 aliphatic heterocycles. The third-order valence-corrected chi connectivity index (χ3v) is 5.26. The van der Waals surface area contributed by atoms with Crippen LogP contribution in [0, 0.1) is 0 Å². The first kappa shape index (κ1) is 15.8. The highest BCUT2D eigenvalue weighted by Crippen LogP contribution is 2.21. The summed E-state index contributed by atoms with van der Waals surface area (Å²) in [6.07, 6.45) is 8.22. The second kappa shape index (κ2) is 6.57. The molecule has 124 valence electrons. The molecule has 1 N–H and O–H groups in total. The number of hydrogen-bond donors (Lipinski definition) is 1. The minimum atomic E-state index is -3.65. The second-order valence-electron chi connectivity index (χ2n) is 5.59. The maximum atomic E-state index is 12.3. The first-order valence-electron chi connectivity index (χ1n) is 7.85. The molecule has 8 heteroatoms. The van der Waals surface area contributed by atoms with Crippen molar-refractivity contribution in [3.63, 3.8) is 0 Å². The molecule has 0 aromatic carbocycles. The number of aromatic nitrogens is 3. The molecule has 2 aromatic rings. The Labute approximate surface area is 136 Å². The minimum Gasteiger partial charge on any atom is -0.370 e. The van der Waals surface area contributed by atoms with Crippen LogP contribution >= 0.6 is 0 Å². The predicted octanol–water partition coefficient (Wildman–Crippen LogP) is 2.09. The van der Waals surface area contributed by atoms with Gasteiger partial charge in [0.2, 0.25) is 0 Å². The van der Waals surface area contributed by atoms with Crippen molar-refractivity contribution in [2.24, 2.45) is 0 Å². The average Bonchev–Trinajstić information content (AvgIpc) is 3.06. The number of nitrogens with zero attached hydrogens (tertiary/aromatic N) is 4. The zero-order chi connectivity index (χ0) is 16.3. The largest absolute Gasteiger partial charge is 0.370 e. The van der Waals surface area contributed by atoms with E-state index >= 15 is 0 Å². The molecule has 1 aliphatic rings. The van der Waals surface area contributed by atoms with Crippen molar-refractivity contribution in [3.05, 3.63) is 30.7 Å². The van der Waals surface area contributed by atoms with Crippen LogP contribution in [0.5, 0.6) is 0 Å². The van der Waals surface area contributed by atoms with E-state index < -0.39 is 10.0 Å². The van der Waals surface area contributed by atoms with E-state index in [4.69, 9.17) is 0 Å². The lowest BCUT2D eigenvalue weighted by molar-refractivity contribution is 0.577. The van der Waals surface area contributed by atoms with Gasteiger partial charge in [0.15, 0.2) is 0 Å². The van der Waals surface area contributed by atoms with Gasteiger partial charge < -0.3 is 4.90 Å². The van der Waals surface area contributed by atoms with Crippen LogP contribution in [0.2, 0.25) is 0 Å². The molecular formula is C15H21N5O2S. The summed E-state index contributed by atoms with van der Waals surface area (Å²) < 4.78 is 28.7. The van der Waals surface area contributed by atoms with Crippen molar-refractivity contribution in [1.82, 2.24) is 14.8 Å². The molecule has 3 rings (SSSR count). The molecule has 0 saturated carbocycles. The van der Waals surface area contributed by atoms with Crippen molar-refractivity contribution < 1.29 is 8.42 Å². The standard InChI is InChI=1S/C15H21N5O2S/c1-2-20-12-14(11-17-20)23(21,22)18-15-7-6-13(10-16-15)19-8-4-3-5-9-19/h6-7,10-12H,2-5,8-9H2,1H3,(H,16,18). The number of hydrogen-bond acceptors (Lipinski definition) is 5. The smallest absolute Gasteiger partial charge is 0.266 e. The number of anilines is 2. The second-order valence-corrected chi connectivity index (χ2v) is 7.27. The molecule has 0 atom stereocenters. The number of pyridine rings is 1. The maximum Gasteiger partial charge on any atom is 0.266 e. The van der Waals surface area contributed by atoms with E-state index in [1.165, 1.54) is 31.7 Å². The monoisotopic (exact) mass is 335 g/mol. The molecule has 23 heavy (non-hydrogen) atoms. The van der Waals surface area contributed by atoms with Gasteiger partial charge in [-0.3, -0.25) is 9.40 Å². The number of rotatable bonds is 5. The Morgan fingerprint density at radius 3 is 2.57 bits per heavy atom. The Bertz CT molecular complexity index is 748. The fourth-order valence-corrected chi connectivity index (χ4v) is 3.60. The molecule has 1 fully saturated rings. The van der Waals surface area contributed by atoms with Gasteiger partial charge in [-0.05, 0) is 38.3 Å². The molecule has 0 unspecified atom stereocenters. The van der Waals surface area contributed by atoms with E-state index in [0.717, 1.165) is 18.8 Å². The van der Waals surface area contributed by atoms with Gasteiger partial charge in [0.05, 0.1) is 18.1 Å². The fourth-order valence-electron chi connectivity index (χ4n) is 2.64. The molecule has 1 saturated heterocycles. The highest BCUT2D eigenvalue weighted by atomic mass is 32.2. The number of nitrogens with one attached hydrogen (secondary N) is 1. The van der Waals surface area contributed by atoms with Gasteiger partial charge in [0, 0.05) is 25.8 Å². The first-order chi connectivity index (χ1) is 11.1. The summed E-state index contributed by atoms with van der Waals surface area (Å²) in [4.78, 5) is 6.65. The number of sulfonamides is 1. The van der Waals surface area contributed by atoms with Crippen LogP contribution in [-0.4, -0.2) is 36.3 Å². The summed E-state index contributed by atoms with van der Waals surface area (Å²) in [5, 5.41) is 3.99. The molecule has 0 radical (unpaired) electrons. The van der Waals surface area contributed by atoms with Gasteiger partial charge >= 0.3 is 0 Å². The normalized spacial score (nSPS) is 15.6. The van der Waals surface area contributed by atoms with E-state index in [2.05, 4.69) is 19.7 Å². The Hall–Kier alpha value is -2.09. The van der Waals surface area contributed by atoms with Crippen LogP contribution in [0.1, 0.15) is 26.2 Å². The number of piperidine rings is 1. The molecule has 7 nitrogen and oxygen atoms in total. The van der Waals surface area contributed by atoms with Crippen LogP contribution in [0.15, 0.2) is 35.6 Å². The Morgan fingerprint density at radius 1 is 1.17 bits per heavy atom. The average molecular weight is 335 g/mol. The van der Waals surface area contributed by atoms with Gasteiger partial charge in [-0.25, -0.2) is 13.4 Å². The van der Waals surface area contributed by atoms with E-state index in [0.29, 0.717) is 12.4 Å². The van der Waals surface area contributed by atoms with Gasteiger partial charge in [-0.15, -0.1) is 0 Å². The summed E-state index contributed by atoms with van der Waals surface area (Å²) in [6, 6.07) is 3.61. The van der Waals surface area contributed by atoms with Crippen LogP contribution < -0.4 is 9.62 Å². The van der Waals surface area contributed by atoms with Gasteiger partial charge in [-0.2, -0.15) is 5.10 Å². The lowest BCUT2D eigenvalue weighted by Crippen LogP contribution is -2.29. The van der Waals surface area contributed by atoms with Crippen molar-refractivity contribution in [3.8, 4) is 0 Å². The summed E-state index contributed by atoms with van der Waals surface area (Å²) in [7, 11) is -3.65. The Kier molecular flexibility index (Phi) is 4.51. The lowest BCUT2D eigenvalue weighted by atomic mass is 10.1. The van der Waals surface area contributed by atoms with Gasteiger partial charge in [-0.1, -0.05) is 0 Å². The van der Waals surface area contributed by atoms with Gasteiger partial charge in [0.1, 0.15) is 10.7 Å². The van der Waals surface area contributed by atoms with Crippen LogP contribution in [0.3, 0.4) is 0 Å². The highest BCUT2D eigenvalue weighted by molar-refractivity contribution is 7.92. The number of aryl methyl sites for hydroxylation is 1. The zero-order valence-corrected chi connectivity index (χ0v) is 14.0. The third kappa shape index (κ3) is 3.64. The molecular weight excluding hydrogens is 314 g/mol. The maximum absolute atomic E-state index is 12.3. The molecule has 0 aliphatic carbocycles. The highest BCUT2D eigenvalue weighted by Gasteiger charge is 2.17. The van der Waals surface area contributed by atoms with Crippen molar-refractivity contribution in [2.45, 2.75) is 37.6 Å². The van der Waals surface area contributed by atoms with Crippen molar-refractivity contribution in [1.29, 1.82) is 0 Å². The lowest BCUT2D eigenvalue weighted by Gasteiger charge is -2.28. The van der Waals surface area contributed by atoms with E-state index in [1.807, 2.05) is 13.0 Å².